The lowest BCUT2D eigenvalue weighted by Gasteiger charge is -2.12. The number of benzene rings is 4. The molecule has 0 atom stereocenters. The van der Waals surface area contributed by atoms with Gasteiger partial charge in [0.1, 0.15) is 11.6 Å². The molecule has 4 nitrogen and oxygen atoms in total. The molecule has 0 aliphatic carbocycles. The van der Waals surface area contributed by atoms with Crippen molar-refractivity contribution in [2.24, 2.45) is 0 Å². The van der Waals surface area contributed by atoms with E-state index in [1.54, 1.807) is 12.1 Å². The molecule has 5 rings (SSSR count). The molecular weight excluding hydrogens is 444 g/mol. The van der Waals surface area contributed by atoms with Gasteiger partial charge in [-0.25, -0.2) is 9.78 Å². The molecule has 1 aromatic heterocycles. The predicted molar refractivity (Wildman–Crippen MR) is 136 cm³/mol. The van der Waals surface area contributed by atoms with Gasteiger partial charge in [0.25, 0.3) is 0 Å². The number of hydrogen-bond acceptors (Lipinski definition) is 3. The summed E-state index contributed by atoms with van der Waals surface area (Å²) in [4.78, 5) is 17.7. The van der Waals surface area contributed by atoms with Gasteiger partial charge < -0.3 is 9.30 Å². The monoisotopic (exact) mass is 464 g/mol. The highest BCUT2D eigenvalue weighted by Gasteiger charge is 2.16. The maximum Gasteiger partial charge on any atom is 0.343 e. The standard InChI is InChI=1S/C29H21ClN2O2/c30-24-16-8-7-15-23(24)20-32-26-18-10-9-17-25(26)31-28(32)19-27(21-11-3-1-4-12-21)34-29(33)22-13-5-2-6-14-22/h1-19H,20H2. The average Bonchev–Trinajstić information content (AvgIpc) is 3.23. The number of imidazole rings is 1. The van der Waals surface area contributed by atoms with Crippen molar-refractivity contribution in [3.63, 3.8) is 0 Å². The molecule has 0 N–H and O–H groups in total. The van der Waals surface area contributed by atoms with Gasteiger partial charge in [-0.1, -0.05) is 90.5 Å². The molecule has 0 aliphatic rings. The molecule has 0 fully saturated rings. The summed E-state index contributed by atoms with van der Waals surface area (Å²) in [6, 6.07) is 34.2. The van der Waals surface area contributed by atoms with Gasteiger partial charge in [-0.05, 0) is 35.9 Å². The number of hydrogen-bond donors (Lipinski definition) is 0. The van der Waals surface area contributed by atoms with Gasteiger partial charge in [-0.2, -0.15) is 0 Å². The van der Waals surface area contributed by atoms with Gasteiger partial charge in [0.15, 0.2) is 0 Å². The zero-order valence-electron chi connectivity index (χ0n) is 18.3. The number of nitrogens with zero attached hydrogens (tertiary/aromatic N) is 2. The molecule has 5 heteroatoms. The Morgan fingerprint density at radius 3 is 2.15 bits per heavy atom. The van der Waals surface area contributed by atoms with Crippen LogP contribution in [0.3, 0.4) is 0 Å². The van der Waals surface area contributed by atoms with Crippen LogP contribution in [0.2, 0.25) is 5.02 Å². The smallest absolute Gasteiger partial charge is 0.343 e. The molecule has 0 radical (unpaired) electrons. The number of fused-ring (bicyclic) bond motifs is 1. The van der Waals surface area contributed by atoms with Crippen LogP contribution < -0.4 is 0 Å². The van der Waals surface area contributed by atoms with Crippen LogP contribution in [0.15, 0.2) is 109 Å². The van der Waals surface area contributed by atoms with Crippen molar-refractivity contribution in [3.8, 4) is 0 Å². The second-order valence-electron chi connectivity index (χ2n) is 7.77. The third-order valence-corrected chi connectivity index (χ3v) is 5.87. The highest BCUT2D eigenvalue weighted by molar-refractivity contribution is 6.31. The number of carbonyl (C=O) groups is 1. The Kier molecular flexibility index (Phi) is 6.23. The van der Waals surface area contributed by atoms with E-state index in [9.17, 15) is 4.79 Å². The summed E-state index contributed by atoms with van der Waals surface area (Å²) in [7, 11) is 0. The number of aromatic nitrogens is 2. The van der Waals surface area contributed by atoms with Crippen LogP contribution in [-0.4, -0.2) is 15.5 Å². The molecule has 0 bridgehead atoms. The summed E-state index contributed by atoms with van der Waals surface area (Å²) in [5, 5.41) is 0.689. The summed E-state index contributed by atoms with van der Waals surface area (Å²) >= 11 is 6.46. The van der Waals surface area contributed by atoms with Gasteiger partial charge in [-0.15, -0.1) is 0 Å². The van der Waals surface area contributed by atoms with Crippen molar-refractivity contribution in [2.45, 2.75) is 6.54 Å². The van der Waals surface area contributed by atoms with Crippen molar-refractivity contribution in [2.75, 3.05) is 0 Å². The Morgan fingerprint density at radius 1 is 0.794 bits per heavy atom. The normalized spacial score (nSPS) is 11.5. The maximum atomic E-state index is 12.9. The first kappa shape index (κ1) is 21.7. The molecule has 0 amide bonds. The Balaban J connectivity index is 1.62. The SMILES string of the molecule is O=C(OC(=Cc1nc2ccccc2n1Cc1ccccc1Cl)c1ccccc1)c1ccccc1. The summed E-state index contributed by atoms with van der Waals surface area (Å²) in [5.74, 6) is 0.662. The zero-order valence-corrected chi connectivity index (χ0v) is 19.0. The van der Waals surface area contributed by atoms with Gasteiger partial charge >= 0.3 is 5.97 Å². The fourth-order valence-electron chi connectivity index (χ4n) is 3.79. The van der Waals surface area contributed by atoms with Gasteiger partial charge in [-0.3, -0.25) is 0 Å². The van der Waals surface area contributed by atoms with E-state index in [1.807, 2.05) is 103 Å². The topological polar surface area (TPSA) is 44.1 Å². The summed E-state index contributed by atoms with van der Waals surface area (Å²) in [6.07, 6.45) is 1.81. The van der Waals surface area contributed by atoms with E-state index in [1.165, 1.54) is 0 Å². The van der Waals surface area contributed by atoms with Crippen LogP contribution in [0.5, 0.6) is 0 Å². The second kappa shape index (κ2) is 9.77. The molecule has 0 unspecified atom stereocenters. The van der Waals surface area contributed by atoms with Crippen molar-refractivity contribution < 1.29 is 9.53 Å². The predicted octanol–water partition coefficient (Wildman–Crippen LogP) is 7.09. The molecule has 0 saturated carbocycles. The van der Waals surface area contributed by atoms with E-state index in [4.69, 9.17) is 21.3 Å². The minimum atomic E-state index is -0.426. The minimum absolute atomic E-state index is 0.421. The van der Waals surface area contributed by atoms with Gasteiger partial charge in [0, 0.05) is 16.7 Å². The lowest BCUT2D eigenvalue weighted by molar-refractivity contribution is 0.0693. The highest BCUT2D eigenvalue weighted by atomic mass is 35.5. The second-order valence-corrected chi connectivity index (χ2v) is 8.17. The zero-order chi connectivity index (χ0) is 23.3. The van der Waals surface area contributed by atoms with Crippen LogP contribution in [-0.2, 0) is 11.3 Å². The van der Waals surface area contributed by atoms with Crippen LogP contribution >= 0.6 is 11.6 Å². The summed E-state index contributed by atoms with van der Waals surface area (Å²) in [5.41, 5.74) is 4.06. The van der Waals surface area contributed by atoms with E-state index in [-0.39, 0.29) is 0 Å². The fourth-order valence-corrected chi connectivity index (χ4v) is 3.99. The minimum Gasteiger partial charge on any atom is -0.422 e. The Morgan fingerprint density at radius 2 is 1.41 bits per heavy atom. The Bertz CT molecular complexity index is 1470. The molecule has 0 saturated heterocycles. The number of para-hydroxylation sites is 2. The number of ether oxygens (including phenoxy) is 1. The van der Waals surface area contributed by atoms with E-state index in [0.29, 0.717) is 28.7 Å². The first-order valence-electron chi connectivity index (χ1n) is 10.9. The van der Waals surface area contributed by atoms with Crippen molar-refractivity contribution in [3.05, 3.63) is 137 Å². The summed E-state index contributed by atoms with van der Waals surface area (Å²) in [6.45, 7) is 0.528. The van der Waals surface area contributed by atoms with E-state index < -0.39 is 5.97 Å². The van der Waals surface area contributed by atoms with E-state index in [2.05, 4.69) is 4.57 Å². The third-order valence-electron chi connectivity index (χ3n) is 5.50. The fraction of sp³-hybridized carbons (Fsp3) is 0.0345. The molecule has 1 heterocycles. The maximum absolute atomic E-state index is 12.9. The van der Waals surface area contributed by atoms with Crippen molar-refractivity contribution in [1.29, 1.82) is 0 Å². The Labute approximate surface area is 202 Å². The molecule has 5 aromatic rings. The lowest BCUT2D eigenvalue weighted by Crippen LogP contribution is -2.06. The molecule has 0 aliphatic heterocycles. The largest absolute Gasteiger partial charge is 0.422 e. The van der Waals surface area contributed by atoms with E-state index in [0.717, 1.165) is 22.2 Å². The first-order valence-corrected chi connectivity index (χ1v) is 11.3. The quantitative estimate of drug-likeness (QED) is 0.199. The number of rotatable bonds is 6. The van der Waals surface area contributed by atoms with Crippen LogP contribution in [0.4, 0.5) is 0 Å². The lowest BCUT2D eigenvalue weighted by atomic mass is 10.1. The molecule has 0 spiro atoms. The number of halogens is 1. The van der Waals surface area contributed by atoms with Crippen molar-refractivity contribution in [1.82, 2.24) is 9.55 Å². The van der Waals surface area contributed by atoms with Crippen LogP contribution in [0.25, 0.3) is 22.9 Å². The number of carbonyl (C=O) groups excluding carboxylic acids is 1. The first-order chi connectivity index (χ1) is 16.7. The van der Waals surface area contributed by atoms with Crippen LogP contribution in [0.1, 0.15) is 27.3 Å². The summed E-state index contributed by atoms with van der Waals surface area (Å²) < 4.78 is 7.97. The molecule has 34 heavy (non-hydrogen) atoms. The third kappa shape index (κ3) is 4.63. The highest BCUT2D eigenvalue weighted by Crippen LogP contribution is 2.26. The molecule has 166 valence electrons. The van der Waals surface area contributed by atoms with Crippen LogP contribution in [0, 0.1) is 0 Å². The molecular formula is C29H21ClN2O2. The average molecular weight is 465 g/mol. The molecule has 4 aromatic carbocycles. The Hall–Kier alpha value is -4.15. The number of esters is 1. The van der Waals surface area contributed by atoms with Crippen molar-refractivity contribution >= 4 is 40.4 Å². The van der Waals surface area contributed by atoms with E-state index >= 15 is 0 Å². The van der Waals surface area contributed by atoms with Gasteiger partial charge in [0.05, 0.1) is 23.1 Å². The van der Waals surface area contributed by atoms with Gasteiger partial charge in [0.2, 0.25) is 0 Å².